The summed E-state index contributed by atoms with van der Waals surface area (Å²) in [6, 6.07) is 8.47. The van der Waals surface area contributed by atoms with E-state index in [4.69, 9.17) is 0 Å². The van der Waals surface area contributed by atoms with Crippen molar-refractivity contribution in [2.75, 3.05) is 13.1 Å². The average molecular weight is 360 g/mol. The number of benzene rings is 1. The topological polar surface area (TPSA) is 52.6 Å². The zero-order chi connectivity index (χ0) is 17.6. The van der Waals surface area contributed by atoms with Gasteiger partial charge >= 0.3 is 0 Å². The first-order valence-corrected chi connectivity index (χ1v) is 9.49. The molecule has 0 aliphatic carbocycles. The summed E-state index contributed by atoms with van der Waals surface area (Å²) < 4.78 is 13.5. The summed E-state index contributed by atoms with van der Waals surface area (Å²) in [5, 5.41) is 13.1. The quantitative estimate of drug-likeness (QED) is 0.881. The number of phenols is 1. The molecule has 132 valence electrons. The second kappa shape index (κ2) is 6.42. The lowest BCUT2D eigenvalue weighted by Crippen LogP contribution is -2.62. The van der Waals surface area contributed by atoms with Gasteiger partial charge in [0.15, 0.2) is 11.6 Å². The number of hydrogen-bond acceptors (Lipinski definition) is 4. The van der Waals surface area contributed by atoms with E-state index in [9.17, 15) is 14.3 Å². The Morgan fingerprint density at radius 2 is 2.04 bits per heavy atom. The standard InChI is InChI=1S/C19H21FN2O2S/c1-11-17(12-7-9-22(11)10-8-12)21-19(24)16-6-5-15(25-16)13-3-2-4-14(20)18(13)23/h2-6,11-12,17,23H,7-10H2,1H3,(H,21,24)/t11-,17+/m1/s1. The van der Waals surface area contributed by atoms with E-state index in [2.05, 4.69) is 17.1 Å². The molecule has 6 heteroatoms. The van der Waals surface area contributed by atoms with Gasteiger partial charge in [-0.1, -0.05) is 6.07 Å². The summed E-state index contributed by atoms with van der Waals surface area (Å²) in [4.78, 5) is 16.4. The van der Waals surface area contributed by atoms with Gasteiger partial charge in [0.1, 0.15) is 0 Å². The third-order valence-electron chi connectivity index (χ3n) is 5.56. The van der Waals surface area contributed by atoms with Crippen LogP contribution >= 0.6 is 11.3 Å². The number of para-hydroxylation sites is 1. The fourth-order valence-electron chi connectivity index (χ4n) is 4.09. The molecule has 3 fully saturated rings. The third-order valence-corrected chi connectivity index (χ3v) is 6.67. The Morgan fingerprint density at radius 1 is 1.28 bits per heavy atom. The normalized spacial score (nSPS) is 28.1. The van der Waals surface area contributed by atoms with Gasteiger partial charge in [0.2, 0.25) is 0 Å². The van der Waals surface area contributed by atoms with Crippen molar-refractivity contribution < 1.29 is 14.3 Å². The minimum atomic E-state index is -0.655. The number of phenolic OH excluding ortho intramolecular Hbond substituents is 1. The predicted molar refractivity (Wildman–Crippen MR) is 96.4 cm³/mol. The Morgan fingerprint density at radius 3 is 2.76 bits per heavy atom. The van der Waals surface area contributed by atoms with Gasteiger partial charge in [-0.3, -0.25) is 9.69 Å². The maximum Gasteiger partial charge on any atom is 0.261 e. The summed E-state index contributed by atoms with van der Waals surface area (Å²) in [5.74, 6) is -0.561. The highest BCUT2D eigenvalue weighted by Gasteiger charge is 2.40. The molecule has 0 spiro atoms. The van der Waals surface area contributed by atoms with Crippen LogP contribution in [0, 0.1) is 11.7 Å². The van der Waals surface area contributed by atoms with Gasteiger partial charge in [-0.2, -0.15) is 0 Å². The van der Waals surface area contributed by atoms with Crippen LogP contribution in [-0.4, -0.2) is 41.1 Å². The highest BCUT2D eigenvalue weighted by Crippen LogP contribution is 2.36. The van der Waals surface area contributed by atoms with Crippen LogP contribution in [0.2, 0.25) is 0 Å². The maximum atomic E-state index is 13.5. The molecular weight excluding hydrogens is 339 g/mol. The molecule has 0 unspecified atom stereocenters. The van der Waals surface area contributed by atoms with Crippen LogP contribution in [0.4, 0.5) is 4.39 Å². The Bertz CT molecular complexity index is 796. The number of carbonyl (C=O) groups is 1. The highest BCUT2D eigenvalue weighted by atomic mass is 32.1. The van der Waals surface area contributed by atoms with Crippen molar-refractivity contribution >= 4 is 17.2 Å². The molecule has 1 aromatic carbocycles. The van der Waals surface area contributed by atoms with Gasteiger partial charge in [0.05, 0.1) is 4.88 Å². The van der Waals surface area contributed by atoms with Gasteiger partial charge in [-0.15, -0.1) is 11.3 Å². The minimum Gasteiger partial charge on any atom is -0.504 e. The molecule has 4 heterocycles. The second-order valence-corrected chi connectivity index (χ2v) is 8.00. The number of amides is 1. The van der Waals surface area contributed by atoms with Crippen LogP contribution in [0.15, 0.2) is 30.3 Å². The van der Waals surface area contributed by atoms with Gasteiger partial charge in [0.25, 0.3) is 5.91 Å². The number of piperidine rings is 3. The number of thiophene rings is 1. The van der Waals surface area contributed by atoms with Crippen molar-refractivity contribution in [2.24, 2.45) is 5.92 Å². The van der Waals surface area contributed by atoms with E-state index in [-0.39, 0.29) is 17.7 Å². The van der Waals surface area contributed by atoms with Gasteiger partial charge < -0.3 is 10.4 Å². The molecule has 2 aromatic rings. The molecule has 0 saturated carbocycles. The van der Waals surface area contributed by atoms with Gasteiger partial charge in [-0.05, 0) is 63.0 Å². The van der Waals surface area contributed by atoms with E-state index in [1.807, 2.05) is 0 Å². The van der Waals surface area contributed by atoms with Gasteiger partial charge in [-0.25, -0.2) is 4.39 Å². The first-order valence-electron chi connectivity index (χ1n) is 8.67. The molecule has 3 aliphatic rings. The number of nitrogens with zero attached hydrogens (tertiary/aromatic N) is 1. The highest BCUT2D eigenvalue weighted by molar-refractivity contribution is 7.17. The van der Waals surface area contributed by atoms with Gasteiger partial charge in [0, 0.05) is 22.5 Å². The molecule has 2 atom stereocenters. The van der Waals surface area contributed by atoms with Crippen molar-refractivity contribution in [3.63, 3.8) is 0 Å². The molecule has 25 heavy (non-hydrogen) atoms. The zero-order valence-electron chi connectivity index (χ0n) is 14.0. The van der Waals surface area contributed by atoms with Crippen molar-refractivity contribution in [2.45, 2.75) is 31.8 Å². The molecule has 0 radical (unpaired) electrons. The number of rotatable bonds is 3. The zero-order valence-corrected chi connectivity index (χ0v) is 14.9. The molecular formula is C19H21FN2O2S. The number of halogens is 1. The molecule has 5 rings (SSSR count). The van der Waals surface area contributed by atoms with Crippen molar-refractivity contribution in [1.29, 1.82) is 0 Å². The van der Waals surface area contributed by atoms with E-state index in [1.54, 1.807) is 24.3 Å². The summed E-state index contributed by atoms with van der Waals surface area (Å²) in [6.07, 6.45) is 2.28. The minimum absolute atomic E-state index is 0.0854. The Kier molecular flexibility index (Phi) is 4.25. The number of carbonyl (C=O) groups excluding carboxylic acids is 1. The van der Waals surface area contributed by atoms with Crippen LogP contribution in [0.5, 0.6) is 5.75 Å². The molecule has 1 amide bonds. The monoisotopic (exact) mass is 360 g/mol. The van der Waals surface area contributed by atoms with Crippen LogP contribution in [0.1, 0.15) is 29.4 Å². The molecule has 2 bridgehead atoms. The Hall–Kier alpha value is -1.92. The molecule has 4 nitrogen and oxygen atoms in total. The van der Waals surface area contributed by atoms with Crippen LogP contribution in [0.3, 0.4) is 0 Å². The average Bonchev–Trinajstić information content (AvgIpc) is 3.11. The lowest BCUT2D eigenvalue weighted by Gasteiger charge is -2.49. The Balaban J connectivity index is 1.52. The van der Waals surface area contributed by atoms with Crippen molar-refractivity contribution in [3.05, 3.63) is 41.0 Å². The van der Waals surface area contributed by atoms with Crippen molar-refractivity contribution in [3.8, 4) is 16.2 Å². The third kappa shape index (κ3) is 2.93. The van der Waals surface area contributed by atoms with E-state index in [0.717, 1.165) is 25.9 Å². The fraction of sp³-hybridized carbons (Fsp3) is 0.421. The smallest absolute Gasteiger partial charge is 0.261 e. The fourth-order valence-corrected chi connectivity index (χ4v) is 5.02. The van der Waals surface area contributed by atoms with Crippen molar-refractivity contribution in [1.82, 2.24) is 10.2 Å². The maximum absolute atomic E-state index is 13.5. The van der Waals surface area contributed by atoms with E-state index in [0.29, 0.717) is 27.3 Å². The first kappa shape index (κ1) is 16.5. The lowest BCUT2D eigenvalue weighted by atomic mass is 9.79. The molecule has 1 aromatic heterocycles. The summed E-state index contributed by atoms with van der Waals surface area (Å²) in [5.41, 5.74) is 0.417. The Labute approximate surface area is 150 Å². The van der Waals surface area contributed by atoms with Crippen LogP contribution < -0.4 is 5.32 Å². The predicted octanol–water partition coefficient (Wildman–Crippen LogP) is 3.47. The number of fused-ring (bicyclic) bond motifs is 3. The molecule has 2 N–H and O–H groups in total. The SMILES string of the molecule is C[C@@H]1[C@H](NC(=O)c2ccc(-c3cccc(F)c3O)s2)C2CCN1CC2. The molecule has 3 aliphatic heterocycles. The molecule has 3 saturated heterocycles. The number of nitrogens with one attached hydrogen (secondary N) is 1. The summed E-state index contributed by atoms with van der Waals surface area (Å²) >= 11 is 1.27. The van der Waals surface area contributed by atoms with Crippen LogP contribution in [-0.2, 0) is 0 Å². The number of aromatic hydroxyl groups is 1. The summed E-state index contributed by atoms with van der Waals surface area (Å²) in [6.45, 7) is 4.43. The van der Waals surface area contributed by atoms with E-state index in [1.165, 1.54) is 17.4 Å². The second-order valence-electron chi connectivity index (χ2n) is 6.91. The van der Waals surface area contributed by atoms with E-state index >= 15 is 0 Å². The summed E-state index contributed by atoms with van der Waals surface area (Å²) in [7, 11) is 0. The van der Waals surface area contributed by atoms with Crippen LogP contribution in [0.25, 0.3) is 10.4 Å². The largest absolute Gasteiger partial charge is 0.504 e. The van der Waals surface area contributed by atoms with E-state index < -0.39 is 5.82 Å². The number of hydrogen-bond donors (Lipinski definition) is 2. The first-order chi connectivity index (χ1) is 12.0. The lowest BCUT2D eigenvalue weighted by molar-refractivity contribution is 0.0218.